The van der Waals surface area contributed by atoms with Crippen LogP contribution in [0, 0.1) is 0 Å². The van der Waals surface area contributed by atoms with Crippen molar-refractivity contribution in [3.05, 3.63) is 60.7 Å². The molecule has 0 aromatic heterocycles. The molecule has 0 bridgehead atoms. The maximum absolute atomic E-state index is 9.22. The summed E-state index contributed by atoms with van der Waals surface area (Å²) in [6.45, 7) is 1.31. The Labute approximate surface area is 128 Å². The molecule has 2 aromatic rings. The van der Waals surface area contributed by atoms with Gasteiger partial charge in [0.05, 0.1) is 0 Å². The molecular weight excluding hydrogens is 329 g/mol. The third kappa shape index (κ3) is 13.2. The van der Waals surface area contributed by atoms with Crippen LogP contribution in [0.3, 0.4) is 0 Å². The van der Waals surface area contributed by atoms with Gasteiger partial charge in [0.25, 0.3) is 0 Å². The van der Waals surface area contributed by atoms with E-state index >= 15 is 0 Å². The van der Waals surface area contributed by atoms with Crippen LogP contribution in [0.2, 0.25) is 0 Å². The van der Waals surface area contributed by atoms with Crippen molar-refractivity contribution in [1.82, 2.24) is 0 Å². The average Bonchev–Trinajstić information content (AvgIpc) is 2.31. The number of amides is 1. The second-order valence-electron chi connectivity index (χ2n) is 3.58. The molecule has 0 unspecified atom stereocenters. The number of benzene rings is 2. The zero-order valence-electron chi connectivity index (χ0n) is 10.7. The van der Waals surface area contributed by atoms with Crippen LogP contribution in [0.1, 0.15) is 6.92 Å². The van der Waals surface area contributed by atoms with Gasteiger partial charge in [0.15, 0.2) is 0 Å². The zero-order chi connectivity index (χ0) is 13.8. The Morgan fingerprint density at radius 1 is 0.833 bits per heavy atom. The van der Waals surface area contributed by atoms with Crippen LogP contribution in [0.15, 0.2) is 60.7 Å². The van der Waals surface area contributed by atoms with E-state index in [1.165, 1.54) is 51.8 Å². The fourth-order valence-corrected chi connectivity index (χ4v) is 2.10. The molecular formula is C14H15NOZn2. The second-order valence-corrected chi connectivity index (χ2v) is 7.01. The van der Waals surface area contributed by atoms with Crippen LogP contribution in [-0.4, -0.2) is 5.91 Å². The third-order valence-electron chi connectivity index (χ3n) is 1.69. The van der Waals surface area contributed by atoms with E-state index in [1.807, 2.05) is 12.1 Å². The Balaban J connectivity index is 0.000000253. The van der Waals surface area contributed by atoms with E-state index < -0.39 is 0 Å². The van der Waals surface area contributed by atoms with Crippen molar-refractivity contribution in [3.63, 3.8) is 0 Å². The number of carbonyl (C=O) groups is 1. The molecule has 0 radical (unpaired) electrons. The van der Waals surface area contributed by atoms with Gasteiger partial charge in [-0.2, -0.15) is 0 Å². The van der Waals surface area contributed by atoms with E-state index in [0.717, 1.165) is 0 Å². The van der Waals surface area contributed by atoms with Crippen molar-refractivity contribution < 1.29 is 41.4 Å². The van der Waals surface area contributed by atoms with Crippen LogP contribution in [-0.2, 0) is 41.4 Å². The summed E-state index contributed by atoms with van der Waals surface area (Å²) in [5.41, 5.74) is 4.47. The van der Waals surface area contributed by atoms with Crippen LogP contribution in [0.25, 0.3) is 0 Å². The molecule has 0 spiro atoms. The van der Waals surface area contributed by atoms with Crippen molar-refractivity contribution in [2.45, 2.75) is 6.92 Å². The maximum atomic E-state index is 9.22. The predicted octanol–water partition coefficient (Wildman–Crippen LogP) is 1.21. The van der Waals surface area contributed by atoms with Crippen LogP contribution in [0.5, 0.6) is 0 Å². The van der Waals surface area contributed by atoms with E-state index in [2.05, 4.69) is 54.3 Å². The van der Waals surface area contributed by atoms with Crippen LogP contribution in [0.4, 0.5) is 0 Å². The van der Waals surface area contributed by atoms with Crippen molar-refractivity contribution in [2.24, 2.45) is 5.73 Å². The van der Waals surface area contributed by atoms with Crippen LogP contribution >= 0.6 is 0 Å². The number of rotatable bonds is 0. The molecule has 18 heavy (non-hydrogen) atoms. The predicted molar refractivity (Wildman–Crippen MR) is 67.0 cm³/mol. The first-order valence-corrected chi connectivity index (χ1v) is 8.49. The molecule has 2 nitrogen and oxygen atoms in total. The standard InChI is InChI=1S/2C6H5.C2H5NO.2Zn/c2*1-2-4-6-5-3-1;1-2(3)4;;/h2*1-5H;1H3,(H2,3,4);;. The zero-order valence-corrected chi connectivity index (χ0v) is 16.6. The first-order chi connectivity index (χ1) is 8.52. The van der Waals surface area contributed by atoms with Gasteiger partial charge < -0.3 is 5.73 Å². The molecule has 0 atom stereocenters. The summed E-state index contributed by atoms with van der Waals surface area (Å²) in [5, 5.41) is 0. The Morgan fingerprint density at radius 3 is 1.17 bits per heavy atom. The summed E-state index contributed by atoms with van der Waals surface area (Å²) < 4.78 is 2.89. The average molecular weight is 344 g/mol. The molecule has 0 fully saturated rings. The van der Waals surface area contributed by atoms with E-state index in [0.29, 0.717) is 0 Å². The summed E-state index contributed by atoms with van der Waals surface area (Å²) in [7, 11) is 0. The fraction of sp³-hybridized carbons (Fsp3) is 0.0714. The third-order valence-corrected chi connectivity index (χ3v) is 3.66. The number of hydrogen-bond donors (Lipinski definition) is 1. The minimum atomic E-state index is -0.333. The normalized spacial score (nSPS) is 8.28. The van der Waals surface area contributed by atoms with Crippen molar-refractivity contribution in [3.8, 4) is 0 Å². The van der Waals surface area contributed by atoms with Crippen molar-refractivity contribution >= 4 is 14.2 Å². The summed E-state index contributed by atoms with van der Waals surface area (Å²) in [6.07, 6.45) is 0. The Morgan fingerprint density at radius 2 is 1.06 bits per heavy atom. The summed E-state index contributed by atoms with van der Waals surface area (Å²) in [6, 6.07) is 20.9. The van der Waals surface area contributed by atoms with Gasteiger partial charge in [0, 0.05) is 6.92 Å². The molecule has 0 aliphatic carbocycles. The van der Waals surface area contributed by atoms with Gasteiger partial charge in [-0.25, -0.2) is 0 Å². The monoisotopic (exact) mass is 341 g/mol. The SMILES string of the molecule is CC(N)=O.[Zn][c]1ccccc1.[Zn][c]1ccccc1. The van der Waals surface area contributed by atoms with Gasteiger partial charge in [-0.1, -0.05) is 0 Å². The Kier molecular flexibility index (Phi) is 10.7. The Bertz CT molecular complexity index is 391. The molecule has 4 heteroatoms. The molecule has 0 heterocycles. The minimum absolute atomic E-state index is 0.333. The van der Waals surface area contributed by atoms with E-state index in [9.17, 15) is 4.79 Å². The summed E-state index contributed by atoms with van der Waals surface area (Å²) in [5.74, 6) is -0.333. The number of carbonyl (C=O) groups excluding carboxylic acids is 1. The number of primary amides is 1. The molecule has 2 rings (SSSR count). The Hall–Kier alpha value is -0.843. The molecule has 0 aliphatic rings. The first-order valence-electron chi connectivity index (χ1n) is 5.52. The molecule has 0 aliphatic heterocycles. The molecule has 86 valence electrons. The van der Waals surface area contributed by atoms with E-state index in [4.69, 9.17) is 0 Å². The topological polar surface area (TPSA) is 43.1 Å². The van der Waals surface area contributed by atoms with Gasteiger partial charge in [-0.15, -0.1) is 0 Å². The van der Waals surface area contributed by atoms with Crippen molar-refractivity contribution in [1.29, 1.82) is 0 Å². The van der Waals surface area contributed by atoms with Crippen LogP contribution < -0.4 is 14.0 Å². The van der Waals surface area contributed by atoms with Gasteiger partial charge in [0.1, 0.15) is 0 Å². The van der Waals surface area contributed by atoms with Gasteiger partial charge in [-0.05, 0) is 0 Å². The molecule has 0 saturated carbocycles. The summed E-state index contributed by atoms with van der Waals surface area (Å²) in [4.78, 5) is 9.22. The number of nitrogens with two attached hydrogens (primary N) is 1. The molecule has 0 saturated heterocycles. The summed E-state index contributed by atoms with van der Waals surface area (Å²) >= 11 is 2.53. The fourth-order valence-electron chi connectivity index (χ4n) is 0.956. The quantitative estimate of drug-likeness (QED) is 0.718. The van der Waals surface area contributed by atoms with E-state index in [-0.39, 0.29) is 5.91 Å². The van der Waals surface area contributed by atoms with Gasteiger partial charge in [-0.3, -0.25) is 4.79 Å². The second kappa shape index (κ2) is 11.3. The van der Waals surface area contributed by atoms with E-state index in [1.54, 1.807) is 0 Å². The molecule has 2 N–H and O–H groups in total. The van der Waals surface area contributed by atoms with Gasteiger partial charge >= 0.3 is 106 Å². The number of hydrogen-bond acceptors (Lipinski definition) is 1. The molecule has 1 amide bonds. The first kappa shape index (κ1) is 17.2. The molecule has 2 aromatic carbocycles. The van der Waals surface area contributed by atoms with Crippen molar-refractivity contribution in [2.75, 3.05) is 0 Å². The van der Waals surface area contributed by atoms with Gasteiger partial charge in [0.2, 0.25) is 5.91 Å².